The van der Waals surface area contributed by atoms with E-state index in [-0.39, 0.29) is 11.7 Å². The topological polar surface area (TPSA) is 35.5 Å². The highest BCUT2D eigenvalue weighted by molar-refractivity contribution is 5.74. The smallest absolute Gasteiger partial charge is 0.150 e. The van der Waals surface area contributed by atoms with E-state index in [0.29, 0.717) is 12.2 Å². The molecule has 1 atom stereocenters. The molecule has 1 spiro atoms. The van der Waals surface area contributed by atoms with E-state index in [1.807, 2.05) is 12.1 Å². The van der Waals surface area contributed by atoms with Crippen molar-refractivity contribution < 1.29 is 14.3 Å². The van der Waals surface area contributed by atoms with Crippen LogP contribution in [0.5, 0.6) is 5.75 Å². The molecule has 0 amide bonds. The Morgan fingerprint density at radius 1 is 1.21 bits per heavy atom. The van der Waals surface area contributed by atoms with Crippen LogP contribution in [-0.2, 0) is 4.74 Å². The number of ether oxygens (including phenoxy) is 2. The highest BCUT2D eigenvalue weighted by Gasteiger charge is 2.42. The summed E-state index contributed by atoms with van der Waals surface area (Å²) in [6, 6.07) is 7.22. The lowest BCUT2D eigenvalue weighted by molar-refractivity contribution is -0.0508. The predicted molar refractivity (Wildman–Crippen MR) is 72.6 cm³/mol. The fourth-order valence-corrected chi connectivity index (χ4v) is 3.23. The van der Waals surface area contributed by atoms with E-state index in [9.17, 15) is 4.79 Å². The van der Waals surface area contributed by atoms with Crippen molar-refractivity contribution in [3.8, 4) is 5.75 Å². The van der Waals surface area contributed by atoms with Crippen molar-refractivity contribution in [2.24, 2.45) is 0 Å². The standard InChI is InChI=1S/C16H20O3/c17-11-13-3-5-14(6-4-13)18-12-15-7-10-16(19-15)8-1-2-9-16/h3-6,11,15H,1-2,7-10,12H2. The summed E-state index contributed by atoms with van der Waals surface area (Å²) in [5.41, 5.74) is 0.851. The first-order valence-electron chi connectivity index (χ1n) is 7.16. The van der Waals surface area contributed by atoms with Crippen molar-refractivity contribution in [2.45, 2.75) is 50.2 Å². The summed E-state index contributed by atoms with van der Waals surface area (Å²) >= 11 is 0. The molecule has 1 aliphatic carbocycles. The lowest BCUT2D eigenvalue weighted by atomic mass is 9.98. The van der Waals surface area contributed by atoms with Crippen molar-refractivity contribution in [3.05, 3.63) is 29.8 Å². The second-order valence-electron chi connectivity index (χ2n) is 5.67. The van der Waals surface area contributed by atoms with Gasteiger partial charge in [0, 0.05) is 5.56 Å². The van der Waals surface area contributed by atoms with Crippen LogP contribution in [0.25, 0.3) is 0 Å². The molecule has 102 valence electrons. The Balaban J connectivity index is 1.51. The lowest BCUT2D eigenvalue weighted by Crippen LogP contribution is -2.27. The second kappa shape index (κ2) is 5.33. The van der Waals surface area contributed by atoms with Gasteiger partial charge in [-0.2, -0.15) is 0 Å². The molecule has 1 saturated carbocycles. The van der Waals surface area contributed by atoms with Gasteiger partial charge < -0.3 is 9.47 Å². The third-order valence-corrected chi connectivity index (χ3v) is 4.31. The minimum Gasteiger partial charge on any atom is -0.491 e. The zero-order chi connectivity index (χ0) is 13.1. The van der Waals surface area contributed by atoms with Crippen LogP contribution >= 0.6 is 0 Å². The molecule has 1 aliphatic heterocycles. The van der Waals surface area contributed by atoms with Crippen LogP contribution in [0.3, 0.4) is 0 Å². The number of hydrogen-bond donors (Lipinski definition) is 0. The van der Waals surface area contributed by atoms with Crippen molar-refractivity contribution in [2.75, 3.05) is 6.61 Å². The Morgan fingerprint density at radius 2 is 1.95 bits per heavy atom. The molecular weight excluding hydrogens is 240 g/mol. The van der Waals surface area contributed by atoms with E-state index in [0.717, 1.165) is 18.5 Å². The molecule has 2 fully saturated rings. The monoisotopic (exact) mass is 260 g/mol. The van der Waals surface area contributed by atoms with Gasteiger partial charge in [-0.05, 0) is 49.9 Å². The van der Waals surface area contributed by atoms with Gasteiger partial charge in [-0.3, -0.25) is 4.79 Å². The fraction of sp³-hybridized carbons (Fsp3) is 0.562. The Bertz CT molecular complexity index is 432. The molecule has 0 bridgehead atoms. The van der Waals surface area contributed by atoms with Gasteiger partial charge in [0.05, 0.1) is 11.7 Å². The number of rotatable bonds is 4. The first-order chi connectivity index (χ1) is 9.30. The highest BCUT2D eigenvalue weighted by atomic mass is 16.6. The van der Waals surface area contributed by atoms with Crippen LogP contribution in [0, 0.1) is 0 Å². The first-order valence-corrected chi connectivity index (χ1v) is 7.16. The van der Waals surface area contributed by atoms with Gasteiger partial charge in [-0.25, -0.2) is 0 Å². The number of carbonyl (C=O) groups excluding carboxylic acids is 1. The molecule has 1 saturated heterocycles. The van der Waals surface area contributed by atoms with Crippen molar-refractivity contribution >= 4 is 6.29 Å². The molecule has 0 radical (unpaired) electrons. The normalized spacial score (nSPS) is 24.7. The molecule has 19 heavy (non-hydrogen) atoms. The summed E-state index contributed by atoms with van der Waals surface area (Å²) in [7, 11) is 0. The largest absolute Gasteiger partial charge is 0.491 e. The summed E-state index contributed by atoms with van der Waals surface area (Å²) in [4.78, 5) is 10.6. The molecule has 1 aromatic carbocycles. The van der Waals surface area contributed by atoms with E-state index >= 15 is 0 Å². The molecule has 3 rings (SSSR count). The van der Waals surface area contributed by atoms with Crippen molar-refractivity contribution in [1.82, 2.24) is 0 Å². The third-order valence-electron chi connectivity index (χ3n) is 4.31. The second-order valence-corrected chi connectivity index (χ2v) is 5.67. The third kappa shape index (κ3) is 2.81. The maximum Gasteiger partial charge on any atom is 0.150 e. The molecule has 1 aromatic rings. The van der Waals surface area contributed by atoms with Crippen LogP contribution in [0.4, 0.5) is 0 Å². The Morgan fingerprint density at radius 3 is 2.63 bits per heavy atom. The van der Waals surface area contributed by atoms with Crippen molar-refractivity contribution in [3.63, 3.8) is 0 Å². The number of aldehydes is 1. The van der Waals surface area contributed by atoms with Gasteiger partial charge in [0.25, 0.3) is 0 Å². The Hall–Kier alpha value is -1.35. The molecule has 1 unspecified atom stereocenters. The Labute approximate surface area is 113 Å². The summed E-state index contributed by atoms with van der Waals surface area (Å²) < 4.78 is 11.9. The fourth-order valence-electron chi connectivity index (χ4n) is 3.23. The zero-order valence-corrected chi connectivity index (χ0v) is 11.1. The predicted octanol–water partition coefficient (Wildman–Crippen LogP) is 3.37. The molecule has 3 nitrogen and oxygen atoms in total. The van der Waals surface area contributed by atoms with Gasteiger partial charge in [-0.1, -0.05) is 12.8 Å². The van der Waals surface area contributed by atoms with Crippen LogP contribution in [0.1, 0.15) is 48.9 Å². The summed E-state index contributed by atoms with van der Waals surface area (Å²) in [6.07, 6.45) is 8.41. The molecule has 1 heterocycles. The van der Waals surface area contributed by atoms with Gasteiger partial charge in [0.2, 0.25) is 0 Å². The average Bonchev–Trinajstić information content (AvgIpc) is 3.08. The number of carbonyl (C=O) groups is 1. The molecule has 0 N–H and O–H groups in total. The number of hydrogen-bond acceptors (Lipinski definition) is 3. The van der Waals surface area contributed by atoms with Crippen LogP contribution in [-0.4, -0.2) is 24.6 Å². The van der Waals surface area contributed by atoms with Crippen LogP contribution < -0.4 is 4.74 Å². The molecule has 0 aromatic heterocycles. The molecule has 3 heteroatoms. The van der Waals surface area contributed by atoms with Gasteiger partial charge in [0.1, 0.15) is 18.6 Å². The summed E-state index contributed by atoms with van der Waals surface area (Å²) in [5, 5.41) is 0. The SMILES string of the molecule is O=Cc1ccc(OCC2CCC3(CCCC3)O2)cc1. The highest BCUT2D eigenvalue weighted by Crippen LogP contribution is 2.43. The van der Waals surface area contributed by atoms with Gasteiger partial charge >= 0.3 is 0 Å². The first kappa shape index (κ1) is 12.7. The minimum absolute atomic E-state index is 0.176. The van der Waals surface area contributed by atoms with E-state index in [1.165, 1.54) is 32.1 Å². The lowest BCUT2D eigenvalue weighted by Gasteiger charge is -2.23. The molecule has 2 aliphatic rings. The van der Waals surface area contributed by atoms with Gasteiger partial charge in [0.15, 0.2) is 0 Å². The van der Waals surface area contributed by atoms with E-state index < -0.39 is 0 Å². The van der Waals surface area contributed by atoms with E-state index in [4.69, 9.17) is 9.47 Å². The number of benzene rings is 1. The maximum atomic E-state index is 10.6. The summed E-state index contributed by atoms with van der Waals surface area (Å²) in [5.74, 6) is 0.807. The summed E-state index contributed by atoms with van der Waals surface area (Å²) in [6.45, 7) is 0.613. The maximum absolute atomic E-state index is 10.6. The van der Waals surface area contributed by atoms with E-state index in [2.05, 4.69) is 0 Å². The molecular formula is C16H20O3. The average molecular weight is 260 g/mol. The Kier molecular flexibility index (Phi) is 3.56. The van der Waals surface area contributed by atoms with E-state index in [1.54, 1.807) is 12.1 Å². The minimum atomic E-state index is 0.176. The zero-order valence-electron chi connectivity index (χ0n) is 11.1. The van der Waals surface area contributed by atoms with Gasteiger partial charge in [-0.15, -0.1) is 0 Å². The van der Waals surface area contributed by atoms with Crippen molar-refractivity contribution in [1.29, 1.82) is 0 Å². The van der Waals surface area contributed by atoms with Crippen LogP contribution in [0.15, 0.2) is 24.3 Å². The van der Waals surface area contributed by atoms with Crippen LogP contribution in [0.2, 0.25) is 0 Å². The quantitative estimate of drug-likeness (QED) is 0.779.